The first-order valence-electron chi connectivity index (χ1n) is 19.6. The minimum atomic E-state index is -0.766. The molecule has 2 aliphatic heterocycles. The molecule has 13 heteroatoms. The molecule has 53 heavy (non-hydrogen) atoms. The molecule has 0 spiro atoms. The van der Waals surface area contributed by atoms with E-state index in [0.717, 1.165) is 18.4 Å². The van der Waals surface area contributed by atoms with Crippen molar-refractivity contribution in [2.75, 3.05) is 47.5 Å². The van der Waals surface area contributed by atoms with Crippen LogP contribution in [-0.2, 0) is 30.3 Å². The molecule has 1 aromatic carbocycles. The molecule has 300 valence electrons. The molecule has 10 atom stereocenters. The fraction of sp³-hybridized carbons (Fsp3) is 0.750. The number of rotatable bonds is 18. The molecule has 13 nitrogen and oxygen atoms in total. The summed E-state index contributed by atoms with van der Waals surface area (Å²) in [4.78, 5) is 60.8. The Labute approximate surface area is 317 Å². The van der Waals surface area contributed by atoms with Crippen LogP contribution in [0.3, 0.4) is 0 Å². The van der Waals surface area contributed by atoms with Crippen LogP contribution >= 0.6 is 0 Å². The fourth-order valence-electron chi connectivity index (χ4n) is 8.17. The Kier molecular flexibility index (Phi) is 17.5. The number of aliphatic hydroxyl groups is 1. The fourth-order valence-corrected chi connectivity index (χ4v) is 8.17. The predicted molar refractivity (Wildman–Crippen MR) is 206 cm³/mol. The van der Waals surface area contributed by atoms with Gasteiger partial charge < -0.3 is 45.2 Å². The van der Waals surface area contributed by atoms with Crippen molar-refractivity contribution in [3.05, 3.63) is 35.9 Å². The summed E-state index contributed by atoms with van der Waals surface area (Å²) in [5, 5.41) is 19.4. The molecule has 3 rings (SSSR count). The molecule has 1 aromatic rings. The normalized spacial score (nSPS) is 23.1. The molecule has 2 aliphatic rings. The van der Waals surface area contributed by atoms with Crippen molar-refractivity contribution >= 4 is 23.8 Å². The van der Waals surface area contributed by atoms with Crippen molar-refractivity contribution in [3.8, 4) is 0 Å². The molecule has 0 saturated carbocycles. The molecule has 4 N–H and O–H groups in total. The zero-order valence-corrected chi connectivity index (χ0v) is 33.8. The van der Waals surface area contributed by atoms with Crippen LogP contribution in [0.1, 0.15) is 79.7 Å². The van der Waals surface area contributed by atoms with Crippen LogP contribution in [0.2, 0.25) is 0 Å². The lowest BCUT2D eigenvalue weighted by Gasteiger charge is -2.42. The van der Waals surface area contributed by atoms with Crippen LogP contribution in [0.25, 0.3) is 0 Å². The van der Waals surface area contributed by atoms with Gasteiger partial charge in [-0.1, -0.05) is 71.4 Å². The summed E-state index contributed by atoms with van der Waals surface area (Å²) in [6.07, 6.45) is 1.54. The van der Waals surface area contributed by atoms with Gasteiger partial charge in [0, 0.05) is 53.0 Å². The van der Waals surface area contributed by atoms with Crippen LogP contribution in [-0.4, -0.2) is 140 Å². The number of likely N-dealkylation sites (N-methyl/N-ethyl adjacent to an activating group) is 1. The summed E-state index contributed by atoms with van der Waals surface area (Å²) in [7, 11) is 4.87. The highest BCUT2D eigenvalue weighted by Gasteiger charge is 2.43. The van der Waals surface area contributed by atoms with Gasteiger partial charge in [-0.05, 0) is 50.5 Å². The highest BCUT2D eigenvalue weighted by Crippen LogP contribution is 2.30. The summed E-state index contributed by atoms with van der Waals surface area (Å²) >= 11 is 0. The molecule has 0 aromatic heterocycles. The molecular weight excluding hydrogens is 676 g/mol. The second-order valence-electron chi connectivity index (χ2n) is 15.6. The Morgan fingerprint density at radius 3 is 2.19 bits per heavy atom. The number of likely N-dealkylation sites (tertiary alicyclic amines) is 1. The van der Waals surface area contributed by atoms with Crippen LogP contribution < -0.4 is 16.0 Å². The number of hydrogen-bond donors (Lipinski definition) is 4. The Bertz CT molecular complexity index is 1310. The van der Waals surface area contributed by atoms with Gasteiger partial charge in [-0.25, -0.2) is 4.79 Å². The molecule has 0 bridgehead atoms. The first-order valence-corrected chi connectivity index (χ1v) is 19.6. The van der Waals surface area contributed by atoms with Gasteiger partial charge in [-0.3, -0.25) is 14.4 Å². The number of nitrogens with zero attached hydrogens (tertiary/aromatic N) is 3. The van der Waals surface area contributed by atoms with Crippen LogP contribution in [0.5, 0.6) is 0 Å². The number of methoxy groups -OCH3 is 2. The number of carbonyl (C=O) groups is 4. The predicted octanol–water partition coefficient (Wildman–Crippen LogP) is 3.04. The largest absolute Gasteiger partial charge is 0.394 e. The Morgan fingerprint density at radius 2 is 1.64 bits per heavy atom. The van der Waals surface area contributed by atoms with Crippen molar-refractivity contribution < 1.29 is 33.8 Å². The summed E-state index contributed by atoms with van der Waals surface area (Å²) in [5.74, 6) is -1.38. The van der Waals surface area contributed by atoms with Crippen molar-refractivity contribution in [1.29, 1.82) is 0 Å². The SMILES string of the molecule is CCC(C)C(C(CC(=O)N1CCC[C@H]1C(OC)C(C)C(=O)NC(CO)Cc1ccccc1)OC)N(C)C(=O)C(NC(=O)N1[C@H](C)CNC[C@@H]1C)C(C)C. The molecule has 2 heterocycles. The van der Waals surface area contributed by atoms with Gasteiger partial charge in [0.15, 0.2) is 0 Å². The molecule has 2 saturated heterocycles. The van der Waals surface area contributed by atoms with Crippen molar-refractivity contribution in [2.24, 2.45) is 17.8 Å². The standard InChI is InChI=1S/C40H68N6O7/c1-11-26(4)36(44(8)39(50)35(25(2)3)43-40(51)46-27(5)22-41-23-28(46)6)33(52-9)21-34(48)45-19-15-18-32(45)37(53-10)29(7)38(49)42-31(24-47)20-30-16-13-12-14-17-30/h12-14,16-17,25-29,31-33,35-37,41,47H,11,15,18-24H2,1-10H3,(H,42,49)(H,43,51)/t26?,27-,28+,29?,31?,32-,33?,35?,36?,37?/m0/s1. The number of benzene rings is 1. The number of urea groups is 1. The monoisotopic (exact) mass is 745 g/mol. The minimum Gasteiger partial charge on any atom is -0.394 e. The second-order valence-corrected chi connectivity index (χ2v) is 15.6. The van der Waals surface area contributed by atoms with Gasteiger partial charge in [0.1, 0.15) is 6.04 Å². The van der Waals surface area contributed by atoms with E-state index in [2.05, 4.69) is 22.9 Å². The quantitative estimate of drug-likeness (QED) is 0.179. The van der Waals surface area contributed by atoms with Crippen LogP contribution in [0, 0.1) is 17.8 Å². The maximum atomic E-state index is 14.3. The Balaban J connectivity index is 1.75. The number of piperazine rings is 1. The average molecular weight is 745 g/mol. The van der Waals surface area contributed by atoms with E-state index < -0.39 is 36.3 Å². The second kappa shape index (κ2) is 21.0. The van der Waals surface area contributed by atoms with Crippen molar-refractivity contribution in [2.45, 2.75) is 129 Å². The summed E-state index contributed by atoms with van der Waals surface area (Å²) in [6, 6.07) is 7.40. The third kappa shape index (κ3) is 11.4. The van der Waals surface area contributed by atoms with E-state index in [4.69, 9.17) is 9.47 Å². The number of aliphatic hydroxyl groups excluding tert-OH is 1. The minimum absolute atomic E-state index is 0.0152. The lowest BCUT2D eigenvalue weighted by Crippen LogP contribution is -2.63. The third-order valence-corrected chi connectivity index (χ3v) is 11.4. The van der Waals surface area contributed by atoms with Gasteiger partial charge in [0.05, 0.1) is 49.3 Å². The molecule has 2 fully saturated rings. The topological polar surface area (TPSA) is 153 Å². The average Bonchev–Trinajstić information content (AvgIpc) is 3.62. The van der Waals surface area contributed by atoms with Gasteiger partial charge in [0.25, 0.3) is 0 Å². The van der Waals surface area contributed by atoms with E-state index in [1.165, 1.54) is 0 Å². The van der Waals surface area contributed by atoms with Crippen molar-refractivity contribution in [1.82, 2.24) is 30.7 Å². The molecule has 0 aliphatic carbocycles. The maximum absolute atomic E-state index is 14.3. The summed E-state index contributed by atoms with van der Waals surface area (Å²) < 4.78 is 12.0. The number of ether oxygens (including phenoxy) is 2. The number of hydrogen-bond acceptors (Lipinski definition) is 8. The zero-order chi connectivity index (χ0) is 39.4. The van der Waals surface area contributed by atoms with Gasteiger partial charge in [-0.2, -0.15) is 0 Å². The molecular formula is C40H68N6O7. The van der Waals surface area contributed by atoms with Gasteiger partial charge in [-0.15, -0.1) is 0 Å². The Hall–Kier alpha value is -3.26. The number of nitrogens with one attached hydrogen (secondary N) is 3. The molecule has 5 amide bonds. The van der Waals surface area contributed by atoms with E-state index in [0.29, 0.717) is 32.5 Å². The highest BCUT2D eigenvalue weighted by molar-refractivity contribution is 5.88. The maximum Gasteiger partial charge on any atom is 0.318 e. The number of carbonyl (C=O) groups excluding carboxylic acids is 4. The zero-order valence-electron chi connectivity index (χ0n) is 33.8. The van der Waals surface area contributed by atoms with Gasteiger partial charge >= 0.3 is 6.03 Å². The van der Waals surface area contributed by atoms with Crippen LogP contribution in [0.4, 0.5) is 4.79 Å². The van der Waals surface area contributed by atoms with E-state index in [1.807, 2.05) is 69.9 Å². The van der Waals surface area contributed by atoms with E-state index in [9.17, 15) is 24.3 Å². The lowest BCUT2D eigenvalue weighted by atomic mass is 9.89. The number of amides is 5. The Morgan fingerprint density at radius 1 is 1.00 bits per heavy atom. The van der Waals surface area contributed by atoms with Crippen LogP contribution in [0.15, 0.2) is 30.3 Å². The van der Waals surface area contributed by atoms with Gasteiger partial charge in [0.2, 0.25) is 17.7 Å². The van der Waals surface area contributed by atoms with Crippen molar-refractivity contribution in [3.63, 3.8) is 0 Å². The van der Waals surface area contributed by atoms with E-state index >= 15 is 0 Å². The molecule has 0 radical (unpaired) electrons. The molecule has 7 unspecified atom stereocenters. The first kappa shape index (κ1) is 44.1. The lowest BCUT2D eigenvalue weighted by molar-refractivity contribution is -0.147. The highest BCUT2D eigenvalue weighted by atomic mass is 16.5. The van der Waals surface area contributed by atoms with E-state index in [1.54, 1.807) is 38.0 Å². The third-order valence-electron chi connectivity index (χ3n) is 11.4. The van der Waals surface area contributed by atoms with E-state index in [-0.39, 0.29) is 66.7 Å². The summed E-state index contributed by atoms with van der Waals surface area (Å²) in [5.41, 5.74) is 1.01. The first-order chi connectivity index (χ1) is 25.2. The summed E-state index contributed by atoms with van der Waals surface area (Å²) in [6.45, 7) is 15.4. The smallest absolute Gasteiger partial charge is 0.318 e.